The Kier molecular flexibility index (Phi) is 6.77. The van der Waals surface area contributed by atoms with Gasteiger partial charge in [0.05, 0.1) is 11.5 Å². The molecule has 1 heterocycles. The molecule has 1 aromatic rings. The number of hydrogen-bond donors (Lipinski definition) is 1. The number of sulfonamides is 1. The fourth-order valence-corrected chi connectivity index (χ4v) is 3.87. The first-order valence-electron chi connectivity index (χ1n) is 8.21. The summed E-state index contributed by atoms with van der Waals surface area (Å²) in [4.78, 5) is 13.3. The molecule has 1 aromatic carbocycles. The number of hydrogen-bond acceptors (Lipinski definition) is 7. The number of nitriles is 2. The van der Waals surface area contributed by atoms with Gasteiger partial charge in [0, 0.05) is 38.1 Å². The summed E-state index contributed by atoms with van der Waals surface area (Å²) in [7, 11) is -3.67. The van der Waals surface area contributed by atoms with Crippen molar-refractivity contribution in [3.63, 3.8) is 0 Å². The lowest BCUT2D eigenvalue weighted by Crippen LogP contribution is -2.50. The van der Waals surface area contributed by atoms with Crippen LogP contribution in [0.1, 0.15) is 6.92 Å². The van der Waals surface area contributed by atoms with Crippen LogP contribution in [-0.2, 0) is 14.8 Å². The van der Waals surface area contributed by atoms with Gasteiger partial charge in [-0.1, -0.05) is 0 Å². The Morgan fingerprint density at radius 2 is 1.78 bits per heavy atom. The minimum Gasteiger partial charge on any atom is -0.450 e. The molecule has 10 heteroatoms. The molecule has 9 nitrogen and oxygen atoms in total. The van der Waals surface area contributed by atoms with E-state index < -0.39 is 16.1 Å². The zero-order valence-electron chi connectivity index (χ0n) is 14.8. The first kappa shape index (κ1) is 20.2. The minimum absolute atomic E-state index is 0.0915. The Balaban J connectivity index is 2.03. The van der Waals surface area contributed by atoms with Gasteiger partial charge in [0.15, 0.2) is 0 Å². The van der Waals surface area contributed by atoms with E-state index in [-0.39, 0.29) is 43.3 Å². The van der Waals surface area contributed by atoms with E-state index in [2.05, 4.69) is 5.32 Å². The summed E-state index contributed by atoms with van der Waals surface area (Å²) in [6, 6.07) is 9.42. The normalized spacial score (nSPS) is 14.6. The average Bonchev–Trinajstić information content (AvgIpc) is 2.69. The highest BCUT2D eigenvalue weighted by Gasteiger charge is 2.30. The van der Waals surface area contributed by atoms with Gasteiger partial charge in [-0.2, -0.15) is 14.8 Å². The van der Waals surface area contributed by atoms with Gasteiger partial charge >= 0.3 is 6.09 Å². The van der Waals surface area contributed by atoms with E-state index in [1.807, 2.05) is 0 Å². The maximum atomic E-state index is 12.7. The van der Waals surface area contributed by atoms with Crippen LogP contribution in [0.5, 0.6) is 0 Å². The maximum Gasteiger partial charge on any atom is 0.409 e. The van der Waals surface area contributed by atoms with Crippen LogP contribution in [0.4, 0.5) is 10.5 Å². The zero-order chi connectivity index (χ0) is 19.9. The van der Waals surface area contributed by atoms with Crippen LogP contribution in [0.25, 0.3) is 0 Å². The van der Waals surface area contributed by atoms with Crippen molar-refractivity contribution in [2.75, 3.05) is 38.1 Å². The van der Waals surface area contributed by atoms with Crippen LogP contribution >= 0.6 is 0 Å². The van der Waals surface area contributed by atoms with E-state index in [0.29, 0.717) is 5.69 Å². The molecular formula is C17H19N5O4S. The molecule has 0 aliphatic carbocycles. The van der Waals surface area contributed by atoms with Gasteiger partial charge < -0.3 is 15.0 Å². The molecule has 0 bridgehead atoms. The molecule has 27 heavy (non-hydrogen) atoms. The van der Waals surface area contributed by atoms with Gasteiger partial charge in [0.2, 0.25) is 10.0 Å². The van der Waals surface area contributed by atoms with Gasteiger partial charge in [-0.15, -0.1) is 0 Å². The Labute approximate surface area is 158 Å². The largest absolute Gasteiger partial charge is 0.450 e. The van der Waals surface area contributed by atoms with Crippen molar-refractivity contribution in [3.05, 3.63) is 36.0 Å². The van der Waals surface area contributed by atoms with E-state index in [4.69, 9.17) is 15.3 Å². The van der Waals surface area contributed by atoms with E-state index in [1.54, 1.807) is 31.2 Å². The summed E-state index contributed by atoms with van der Waals surface area (Å²) in [5.74, 6) is 0. The smallest absolute Gasteiger partial charge is 0.409 e. The van der Waals surface area contributed by atoms with E-state index in [9.17, 15) is 13.2 Å². The first-order valence-corrected chi connectivity index (χ1v) is 9.65. The van der Waals surface area contributed by atoms with Crippen LogP contribution in [0.15, 0.2) is 40.9 Å². The monoisotopic (exact) mass is 389 g/mol. The minimum atomic E-state index is -3.67. The highest BCUT2D eigenvalue weighted by molar-refractivity contribution is 7.89. The van der Waals surface area contributed by atoms with E-state index in [1.165, 1.54) is 27.5 Å². The summed E-state index contributed by atoms with van der Waals surface area (Å²) in [6.45, 7) is 2.92. The predicted molar refractivity (Wildman–Crippen MR) is 96.7 cm³/mol. The van der Waals surface area contributed by atoms with Gasteiger partial charge in [-0.3, -0.25) is 0 Å². The molecular weight excluding hydrogens is 370 g/mol. The molecule has 1 amide bonds. The third-order valence-corrected chi connectivity index (χ3v) is 5.79. The number of rotatable bonds is 5. The van der Waals surface area contributed by atoms with Gasteiger partial charge in [-0.05, 0) is 31.2 Å². The second-order valence-corrected chi connectivity index (χ2v) is 7.48. The molecule has 0 atom stereocenters. The van der Waals surface area contributed by atoms with Crippen molar-refractivity contribution < 1.29 is 17.9 Å². The molecule has 1 aliphatic rings. The van der Waals surface area contributed by atoms with Crippen LogP contribution in [0.3, 0.4) is 0 Å². The zero-order valence-corrected chi connectivity index (χ0v) is 15.6. The average molecular weight is 389 g/mol. The lowest BCUT2D eigenvalue weighted by molar-refractivity contribution is 0.0934. The number of piperazine rings is 1. The number of anilines is 1. The van der Waals surface area contributed by atoms with Crippen molar-refractivity contribution in [2.24, 2.45) is 0 Å². The molecule has 1 saturated heterocycles. The molecule has 1 N–H and O–H groups in total. The lowest BCUT2D eigenvalue weighted by Gasteiger charge is -2.33. The second kappa shape index (κ2) is 9.03. The van der Waals surface area contributed by atoms with Crippen molar-refractivity contribution in [3.8, 4) is 12.1 Å². The third-order valence-electron chi connectivity index (χ3n) is 3.88. The number of allylic oxidation sites excluding steroid dienone is 1. The maximum absolute atomic E-state index is 12.7. The second-order valence-electron chi connectivity index (χ2n) is 5.54. The topological polar surface area (TPSA) is 127 Å². The van der Waals surface area contributed by atoms with Crippen LogP contribution in [0, 0.1) is 22.7 Å². The Morgan fingerprint density at radius 3 is 2.30 bits per heavy atom. The Bertz CT molecular complexity index is 873. The fourth-order valence-electron chi connectivity index (χ4n) is 2.44. The van der Waals surface area contributed by atoms with E-state index >= 15 is 0 Å². The molecule has 0 radical (unpaired) electrons. The number of ether oxygens (including phenoxy) is 1. The van der Waals surface area contributed by atoms with Gasteiger partial charge in [0.25, 0.3) is 0 Å². The van der Waals surface area contributed by atoms with Gasteiger partial charge in [-0.25, -0.2) is 13.2 Å². The Hall–Kier alpha value is -3.08. The third kappa shape index (κ3) is 4.97. The molecule has 1 aliphatic heterocycles. The lowest BCUT2D eigenvalue weighted by atomic mass is 10.3. The predicted octanol–water partition coefficient (Wildman–Crippen LogP) is 1.49. The molecule has 2 rings (SSSR count). The first-order chi connectivity index (χ1) is 12.9. The fraction of sp³-hybridized carbons (Fsp3) is 0.353. The Morgan fingerprint density at radius 1 is 1.19 bits per heavy atom. The number of nitrogens with one attached hydrogen (secondary N) is 1. The highest BCUT2D eigenvalue weighted by Crippen LogP contribution is 2.20. The molecule has 0 saturated carbocycles. The van der Waals surface area contributed by atoms with Crippen molar-refractivity contribution >= 4 is 21.8 Å². The summed E-state index contributed by atoms with van der Waals surface area (Å²) in [6.07, 6.45) is 0.810. The number of carbonyl (C=O) groups excluding carboxylic acids is 1. The van der Waals surface area contributed by atoms with Crippen LogP contribution in [0.2, 0.25) is 0 Å². The summed E-state index contributed by atoms with van der Waals surface area (Å²) in [5, 5.41) is 20.1. The number of carbonyl (C=O) groups is 1. The molecule has 0 aromatic heterocycles. The van der Waals surface area contributed by atoms with Crippen LogP contribution in [-0.4, -0.2) is 56.5 Å². The number of amides is 1. The van der Waals surface area contributed by atoms with Crippen molar-refractivity contribution in [1.29, 1.82) is 10.5 Å². The van der Waals surface area contributed by atoms with Crippen molar-refractivity contribution in [1.82, 2.24) is 9.21 Å². The van der Waals surface area contributed by atoms with Gasteiger partial charge in [0.1, 0.15) is 17.7 Å². The number of nitrogens with zero attached hydrogens (tertiary/aromatic N) is 4. The highest BCUT2D eigenvalue weighted by atomic mass is 32.2. The SMILES string of the molecule is CCOC(=O)N1CCN(S(=O)(=O)c2ccc(NC=C(C#N)C#N)cc2)CC1. The van der Waals surface area contributed by atoms with Crippen molar-refractivity contribution in [2.45, 2.75) is 11.8 Å². The number of benzene rings is 1. The summed E-state index contributed by atoms with van der Waals surface area (Å²) < 4.78 is 31.7. The van der Waals surface area contributed by atoms with Crippen LogP contribution < -0.4 is 5.32 Å². The summed E-state index contributed by atoms with van der Waals surface area (Å²) in [5.41, 5.74) is 0.454. The molecule has 0 spiro atoms. The molecule has 0 unspecified atom stereocenters. The molecule has 1 fully saturated rings. The van der Waals surface area contributed by atoms with E-state index in [0.717, 1.165) is 0 Å². The quantitative estimate of drug-likeness (QED) is 0.756. The summed E-state index contributed by atoms with van der Waals surface area (Å²) >= 11 is 0. The molecule has 142 valence electrons. The standard InChI is InChI=1S/C17H19N5O4S/c1-2-26-17(23)21-7-9-22(10-8-21)27(24,25)16-5-3-15(4-6-16)20-13-14(11-18)12-19/h3-6,13,20H,2,7-10H2,1H3.